The molecule has 3 heteroatoms. The minimum Gasteiger partial charge on any atom is -0.497 e. The smallest absolute Gasteiger partial charge is 0.119 e. The lowest BCUT2D eigenvalue weighted by atomic mass is 10.0. The summed E-state index contributed by atoms with van der Waals surface area (Å²) in [6.45, 7) is 6.41. The van der Waals surface area contributed by atoms with E-state index in [2.05, 4.69) is 170 Å². The summed E-state index contributed by atoms with van der Waals surface area (Å²) in [4.78, 5) is 4.46. The molecule has 0 unspecified atom stereocenters. The van der Waals surface area contributed by atoms with E-state index in [-0.39, 0.29) is 0 Å². The van der Waals surface area contributed by atoms with E-state index < -0.39 is 0 Å². The Labute approximate surface area is 285 Å². The van der Waals surface area contributed by atoms with Crippen LogP contribution >= 0.6 is 0 Å². The van der Waals surface area contributed by atoms with Crippen LogP contribution in [0.3, 0.4) is 0 Å². The summed E-state index contributed by atoms with van der Waals surface area (Å²) in [5.74, 6) is 0.851. The Hall–Kier alpha value is -6.06. The third-order valence-corrected chi connectivity index (χ3v) is 8.56. The highest BCUT2D eigenvalue weighted by atomic mass is 16.5. The molecule has 0 aliphatic rings. The Balaban J connectivity index is 1.28. The van der Waals surface area contributed by atoms with Gasteiger partial charge in [-0.1, -0.05) is 116 Å². The Morgan fingerprint density at radius 1 is 0.521 bits per heavy atom. The van der Waals surface area contributed by atoms with Crippen molar-refractivity contribution in [2.75, 3.05) is 24.0 Å². The highest BCUT2D eigenvalue weighted by molar-refractivity contribution is 5.78. The topological polar surface area (TPSA) is 15.7 Å². The van der Waals surface area contributed by atoms with Crippen molar-refractivity contribution in [1.29, 1.82) is 0 Å². The molecular formula is C45H40N2O. The van der Waals surface area contributed by atoms with E-state index in [0.717, 1.165) is 56.5 Å². The zero-order chi connectivity index (χ0) is 33.3. The van der Waals surface area contributed by atoms with Crippen molar-refractivity contribution in [3.05, 3.63) is 194 Å². The Morgan fingerprint density at radius 3 is 1.40 bits per heavy atom. The summed E-state index contributed by atoms with van der Waals surface area (Å²) in [5, 5.41) is 0. The SMILES string of the molecule is C=C(/C=C\C(=C/C)N(c1ccc(-c2ccccc2)cc1)c1ccc(-c2ccc(N(C)c3ccc(OC)cc3)cc2)cc1)c1ccccc1. The van der Waals surface area contributed by atoms with Crippen LogP contribution in [0.1, 0.15) is 12.5 Å². The molecule has 0 spiro atoms. The second-order valence-corrected chi connectivity index (χ2v) is 11.5. The number of hydrogen-bond donors (Lipinski definition) is 0. The summed E-state index contributed by atoms with van der Waals surface area (Å²) >= 11 is 0. The van der Waals surface area contributed by atoms with Crippen molar-refractivity contribution in [2.24, 2.45) is 0 Å². The first kappa shape index (κ1) is 31.9. The van der Waals surface area contributed by atoms with Crippen molar-refractivity contribution < 1.29 is 4.74 Å². The second-order valence-electron chi connectivity index (χ2n) is 11.5. The van der Waals surface area contributed by atoms with Gasteiger partial charge in [-0.05, 0) is 107 Å². The lowest BCUT2D eigenvalue weighted by Crippen LogP contribution is -2.15. The molecular weight excluding hydrogens is 585 g/mol. The van der Waals surface area contributed by atoms with Gasteiger partial charge in [-0.15, -0.1) is 0 Å². The maximum atomic E-state index is 5.32. The van der Waals surface area contributed by atoms with Gasteiger partial charge in [0, 0.05) is 35.5 Å². The van der Waals surface area contributed by atoms with Gasteiger partial charge in [0.1, 0.15) is 5.75 Å². The fourth-order valence-electron chi connectivity index (χ4n) is 5.75. The third-order valence-electron chi connectivity index (χ3n) is 8.56. The molecule has 3 nitrogen and oxygen atoms in total. The van der Waals surface area contributed by atoms with Crippen LogP contribution in [-0.4, -0.2) is 14.2 Å². The number of rotatable bonds is 11. The lowest BCUT2D eigenvalue weighted by Gasteiger charge is -2.27. The highest BCUT2D eigenvalue weighted by Gasteiger charge is 2.14. The Kier molecular flexibility index (Phi) is 9.98. The second kappa shape index (κ2) is 15.0. The number of nitrogens with zero attached hydrogens (tertiary/aromatic N) is 2. The molecule has 0 aromatic heterocycles. The zero-order valence-corrected chi connectivity index (χ0v) is 27.8. The fraction of sp³-hybridized carbons (Fsp3) is 0.0667. The van der Waals surface area contributed by atoms with Crippen molar-refractivity contribution in [2.45, 2.75) is 6.92 Å². The predicted molar refractivity (Wildman–Crippen MR) is 205 cm³/mol. The molecule has 0 bridgehead atoms. The van der Waals surface area contributed by atoms with E-state index in [1.807, 2.05) is 36.4 Å². The van der Waals surface area contributed by atoms with E-state index in [1.165, 1.54) is 11.1 Å². The van der Waals surface area contributed by atoms with Gasteiger partial charge in [-0.2, -0.15) is 0 Å². The third kappa shape index (κ3) is 7.32. The first-order valence-corrected chi connectivity index (χ1v) is 16.2. The largest absolute Gasteiger partial charge is 0.497 e. The van der Waals surface area contributed by atoms with E-state index in [4.69, 9.17) is 4.74 Å². The molecule has 0 aliphatic carbocycles. The molecule has 0 amide bonds. The summed E-state index contributed by atoms with van der Waals surface area (Å²) in [6, 6.07) is 55.1. The fourth-order valence-corrected chi connectivity index (χ4v) is 5.75. The molecule has 48 heavy (non-hydrogen) atoms. The lowest BCUT2D eigenvalue weighted by molar-refractivity contribution is 0.415. The van der Waals surface area contributed by atoms with Crippen molar-refractivity contribution in [3.63, 3.8) is 0 Å². The zero-order valence-electron chi connectivity index (χ0n) is 27.8. The normalized spacial score (nSPS) is 11.4. The summed E-state index contributed by atoms with van der Waals surface area (Å²) in [7, 11) is 3.76. The van der Waals surface area contributed by atoms with Crippen molar-refractivity contribution in [3.8, 4) is 28.0 Å². The van der Waals surface area contributed by atoms with Gasteiger partial charge in [0.15, 0.2) is 0 Å². The van der Waals surface area contributed by atoms with Gasteiger partial charge >= 0.3 is 0 Å². The molecule has 0 N–H and O–H groups in total. The quantitative estimate of drug-likeness (QED) is 0.133. The summed E-state index contributed by atoms with van der Waals surface area (Å²) in [5.41, 5.74) is 12.2. The number of allylic oxidation sites excluding steroid dienone is 4. The molecule has 0 atom stereocenters. The van der Waals surface area contributed by atoms with Crippen LogP contribution in [0.25, 0.3) is 27.8 Å². The molecule has 6 aromatic rings. The summed E-state index contributed by atoms with van der Waals surface area (Å²) in [6.07, 6.45) is 6.38. The maximum Gasteiger partial charge on any atom is 0.119 e. The molecule has 6 rings (SSSR count). The van der Waals surface area contributed by atoms with Crippen LogP contribution in [0.2, 0.25) is 0 Å². The monoisotopic (exact) mass is 624 g/mol. The summed E-state index contributed by atoms with van der Waals surface area (Å²) < 4.78 is 5.32. The Bertz CT molecular complexity index is 1990. The van der Waals surface area contributed by atoms with E-state index in [0.29, 0.717) is 0 Å². The van der Waals surface area contributed by atoms with Crippen LogP contribution in [0.5, 0.6) is 5.75 Å². The van der Waals surface area contributed by atoms with Crippen LogP contribution in [0.15, 0.2) is 188 Å². The van der Waals surface area contributed by atoms with E-state index in [9.17, 15) is 0 Å². The molecule has 0 saturated carbocycles. The average molecular weight is 625 g/mol. The van der Waals surface area contributed by atoms with Crippen LogP contribution < -0.4 is 14.5 Å². The number of anilines is 4. The van der Waals surface area contributed by atoms with Crippen LogP contribution in [0.4, 0.5) is 22.7 Å². The van der Waals surface area contributed by atoms with Gasteiger partial charge < -0.3 is 14.5 Å². The molecule has 236 valence electrons. The number of benzene rings is 6. The van der Waals surface area contributed by atoms with Crippen LogP contribution in [0, 0.1) is 0 Å². The highest BCUT2D eigenvalue weighted by Crippen LogP contribution is 2.35. The molecule has 0 aliphatic heterocycles. The number of ether oxygens (including phenoxy) is 1. The molecule has 0 radical (unpaired) electrons. The first-order valence-electron chi connectivity index (χ1n) is 16.2. The molecule has 0 heterocycles. The standard InChI is InChI=1S/C45H40N2O/c1-5-40(23-16-34(2)35-12-8-6-9-13-35)47(43-26-19-37(20-27-43)36-14-10-7-11-15-36)44-28-21-39(22-29-44)38-17-24-41(25-18-38)46(3)42-30-32-45(48-4)33-31-42/h5-33H,2H2,1,3-4H3/b23-16-,40-5+. The van der Waals surface area contributed by atoms with Crippen molar-refractivity contribution >= 4 is 28.3 Å². The number of hydrogen-bond acceptors (Lipinski definition) is 3. The maximum absolute atomic E-state index is 5.32. The van der Waals surface area contributed by atoms with Gasteiger partial charge in [0.25, 0.3) is 0 Å². The molecule has 0 fully saturated rings. The van der Waals surface area contributed by atoms with E-state index >= 15 is 0 Å². The minimum absolute atomic E-state index is 0.851. The van der Waals surface area contributed by atoms with Gasteiger partial charge in [-0.3, -0.25) is 0 Å². The van der Waals surface area contributed by atoms with Crippen molar-refractivity contribution in [1.82, 2.24) is 0 Å². The van der Waals surface area contributed by atoms with Gasteiger partial charge in [0.05, 0.1) is 7.11 Å². The first-order chi connectivity index (χ1) is 23.5. The molecule has 0 saturated heterocycles. The average Bonchev–Trinajstić information content (AvgIpc) is 3.17. The predicted octanol–water partition coefficient (Wildman–Crippen LogP) is 12.1. The molecule has 6 aromatic carbocycles. The Morgan fingerprint density at radius 2 is 0.938 bits per heavy atom. The van der Waals surface area contributed by atoms with Crippen LogP contribution in [-0.2, 0) is 0 Å². The minimum atomic E-state index is 0.851. The van der Waals surface area contributed by atoms with E-state index in [1.54, 1.807) is 7.11 Å². The van der Waals surface area contributed by atoms with Gasteiger partial charge in [0.2, 0.25) is 0 Å². The van der Waals surface area contributed by atoms with Gasteiger partial charge in [-0.25, -0.2) is 0 Å². The number of methoxy groups -OCH3 is 1.